The first-order valence-electron chi connectivity index (χ1n) is 6.48. The Labute approximate surface area is 120 Å². The molecule has 0 bridgehead atoms. The molecule has 0 radical (unpaired) electrons. The largest absolute Gasteiger partial charge is 0.416 e. The highest BCUT2D eigenvalue weighted by atomic mass is 19.4. The molecule has 1 aliphatic rings. The molecule has 0 saturated carbocycles. The van der Waals surface area contributed by atoms with E-state index in [1.165, 1.54) is 12.1 Å². The molecule has 4 nitrogen and oxygen atoms in total. The standard InChI is InChI=1S/C14H14F3N3O/c15-14(16,17)10-1-3-12(4-2-10)20-8-6-11(9-20)19-13(21)5-7-18/h1-4,11H,5-6,8-9H2,(H,19,21)/t11-/m0/s1. The lowest BCUT2D eigenvalue weighted by atomic mass is 10.2. The van der Waals surface area contributed by atoms with E-state index in [1.54, 1.807) is 6.07 Å². The number of alkyl halides is 3. The van der Waals surface area contributed by atoms with Gasteiger partial charge in [0, 0.05) is 24.8 Å². The minimum Gasteiger partial charge on any atom is -0.369 e. The zero-order valence-electron chi connectivity index (χ0n) is 11.2. The molecule has 21 heavy (non-hydrogen) atoms. The van der Waals surface area contributed by atoms with Crippen molar-refractivity contribution in [1.82, 2.24) is 5.32 Å². The number of nitrogens with zero attached hydrogens (tertiary/aromatic N) is 2. The summed E-state index contributed by atoms with van der Waals surface area (Å²) in [5.41, 5.74) is 0.0179. The minimum atomic E-state index is -4.34. The SMILES string of the molecule is N#CCC(=O)N[C@H]1CCN(c2ccc(C(F)(F)F)cc2)C1. The van der Waals surface area contributed by atoms with Gasteiger partial charge in [0.25, 0.3) is 0 Å². The minimum absolute atomic E-state index is 0.0758. The van der Waals surface area contributed by atoms with Crippen molar-refractivity contribution in [3.8, 4) is 6.07 Å². The lowest BCUT2D eigenvalue weighted by molar-refractivity contribution is -0.137. The molecule has 0 aliphatic carbocycles. The smallest absolute Gasteiger partial charge is 0.369 e. The number of rotatable bonds is 3. The van der Waals surface area contributed by atoms with Crippen LogP contribution in [0.2, 0.25) is 0 Å². The van der Waals surface area contributed by atoms with Crippen molar-refractivity contribution in [2.24, 2.45) is 0 Å². The van der Waals surface area contributed by atoms with Crippen LogP contribution >= 0.6 is 0 Å². The van der Waals surface area contributed by atoms with Gasteiger partial charge in [0.05, 0.1) is 11.6 Å². The zero-order chi connectivity index (χ0) is 15.5. The maximum absolute atomic E-state index is 12.5. The summed E-state index contributed by atoms with van der Waals surface area (Å²) in [6, 6.07) is 6.67. The molecule has 1 N–H and O–H groups in total. The average Bonchev–Trinajstić information content (AvgIpc) is 2.86. The predicted molar refractivity (Wildman–Crippen MR) is 70.4 cm³/mol. The van der Waals surface area contributed by atoms with Gasteiger partial charge in [-0.25, -0.2) is 0 Å². The summed E-state index contributed by atoms with van der Waals surface area (Å²) >= 11 is 0. The Kier molecular flexibility index (Phi) is 4.36. The normalized spacial score (nSPS) is 18.4. The molecular weight excluding hydrogens is 283 g/mol. The Morgan fingerprint density at radius 1 is 1.38 bits per heavy atom. The van der Waals surface area contributed by atoms with Gasteiger partial charge in [-0.2, -0.15) is 18.4 Å². The van der Waals surface area contributed by atoms with Crippen LogP contribution in [0.4, 0.5) is 18.9 Å². The first kappa shape index (κ1) is 15.2. The fraction of sp³-hybridized carbons (Fsp3) is 0.429. The highest BCUT2D eigenvalue weighted by Crippen LogP contribution is 2.31. The summed E-state index contributed by atoms with van der Waals surface area (Å²) in [4.78, 5) is 13.2. The van der Waals surface area contributed by atoms with Crippen LogP contribution in [0.15, 0.2) is 24.3 Å². The summed E-state index contributed by atoms with van der Waals surface area (Å²) in [6.07, 6.45) is -3.81. The average molecular weight is 297 g/mol. The maximum atomic E-state index is 12.5. The molecule has 7 heteroatoms. The van der Waals surface area contributed by atoms with Crippen LogP contribution in [-0.4, -0.2) is 25.0 Å². The van der Waals surface area contributed by atoms with E-state index < -0.39 is 11.7 Å². The van der Waals surface area contributed by atoms with Gasteiger partial charge >= 0.3 is 6.18 Å². The van der Waals surface area contributed by atoms with Gasteiger partial charge in [-0.1, -0.05) is 0 Å². The van der Waals surface area contributed by atoms with Gasteiger partial charge in [0.2, 0.25) is 5.91 Å². The van der Waals surface area contributed by atoms with E-state index in [4.69, 9.17) is 5.26 Å². The molecule has 0 unspecified atom stereocenters. The summed E-state index contributed by atoms with van der Waals surface area (Å²) in [6.45, 7) is 1.19. The van der Waals surface area contributed by atoms with E-state index in [0.717, 1.165) is 12.1 Å². The zero-order valence-corrected chi connectivity index (χ0v) is 11.2. The fourth-order valence-corrected chi connectivity index (χ4v) is 2.32. The second-order valence-corrected chi connectivity index (χ2v) is 4.88. The van der Waals surface area contributed by atoms with Crippen molar-refractivity contribution in [2.75, 3.05) is 18.0 Å². The van der Waals surface area contributed by atoms with Crippen LogP contribution < -0.4 is 10.2 Å². The molecule has 1 aliphatic heterocycles. The molecule has 112 valence electrons. The quantitative estimate of drug-likeness (QED) is 0.931. The Morgan fingerprint density at radius 3 is 2.62 bits per heavy atom. The summed E-state index contributed by atoms with van der Waals surface area (Å²) in [7, 11) is 0. The first-order chi connectivity index (χ1) is 9.90. The van der Waals surface area contributed by atoms with E-state index in [0.29, 0.717) is 25.2 Å². The van der Waals surface area contributed by atoms with E-state index in [9.17, 15) is 18.0 Å². The van der Waals surface area contributed by atoms with E-state index in [2.05, 4.69) is 5.32 Å². The second-order valence-electron chi connectivity index (χ2n) is 4.88. The van der Waals surface area contributed by atoms with Crippen LogP contribution in [0.3, 0.4) is 0 Å². The number of nitriles is 1. The third kappa shape index (κ3) is 3.88. The fourth-order valence-electron chi connectivity index (χ4n) is 2.32. The summed E-state index contributed by atoms with van der Waals surface area (Å²) in [5.74, 6) is -0.322. The van der Waals surface area contributed by atoms with Gasteiger partial charge in [-0.3, -0.25) is 4.79 Å². The third-order valence-corrected chi connectivity index (χ3v) is 3.35. The monoisotopic (exact) mass is 297 g/mol. The van der Waals surface area contributed by atoms with Crippen LogP contribution in [0.1, 0.15) is 18.4 Å². The van der Waals surface area contributed by atoms with Gasteiger partial charge in [-0.05, 0) is 30.7 Å². The van der Waals surface area contributed by atoms with Crippen LogP contribution in [0.25, 0.3) is 0 Å². The molecule has 1 atom stereocenters. The van der Waals surface area contributed by atoms with Crippen LogP contribution in [-0.2, 0) is 11.0 Å². The Balaban J connectivity index is 1.95. The van der Waals surface area contributed by atoms with Gasteiger partial charge in [-0.15, -0.1) is 0 Å². The van der Waals surface area contributed by atoms with Crippen molar-refractivity contribution in [1.29, 1.82) is 5.26 Å². The van der Waals surface area contributed by atoms with Crippen LogP contribution in [0.5, 0.6) is 0 Å². The number of carbonyl (C=O) groups is 1. The molecule has 1 amide bonds. The summed E-state index contributed by atoms with van der Waals surface area (Å²) in [5, 5.41) is 11.2. The number of hydrogen-bond donors (Lipinski definition) is 1. The number of anilines is 1. The van der Waals surface area contributed by atoms with Crippen molar-refractivity contribution < 1.29 is 18.0 Å². The highest BCUT2D eigenvalue weighted by molar-refractivity contribution is 5.78. The molecule has 1 aromatic carbocycles. The van der Waals surface area contributed by atoms with Crippen molar-refractivity contribution in [2.45, 2.75) is 25.1 Å². The predicted octanol–water partition coefficient (Wildman–Crippen LogP) is 2.31. The Bertz CT molecular complexity index is 548. The lowest BCUT2D eigenvalue weighted by Gasteiger charge is -2.19. The van der Waals surface area contributed by atoms with E-state index in [-0.39, 0.29) is 18.4 Å². The first-order valence-corrected chi connectivity index (χ1v) is 6.48. The van der Waals surface area contributed by atoms with E-state index >= 15 is 0 Å². The molecule has 0 aromatic heterocycles. The topological polar surface area (TPSA) is 56.1 Å². The van der Waals surface area contributed by atoms with Crippen molar-refractivity contribution >= 4 is 11.6 Å². The number of amides is 1. The molecule has 0 spiro atoms. The van der Waals surface area contributed by atoms with Gasteiger partial charge in [0.15, 0.2) is 0 Å². The summed E-state index contributed by atoms with van der Waals surface area (Å²) < 4.78 is 37.5. The molecule has 1 saturated heterocycles. The molecular formula is C14H14F3N3O. The van der Waals surface area contributed by atoms with Crippen molar-refractivity contribution in [3.63, 3.8) is 0 Å². The lowest BCUT2D eigenvalue weighted by Crippen LogP contribution is -2.36. The molecule has 2 rings (SSSR count). The Hall–Kier alpha value is -2.23. The highest BCUT2D eigenvalue weighted by Gasteiger charge is 2.30. The number of carbonyl (C=O) groups excluding carboxylic acids is 1. The maximum Gasteiger partial charge on any atom is 0.416 e. The Morgan fingerprint density at radius 2 is 2.05 bits per heavy atom. The number of halogens is 3. The van der Waals surface area contributed by atoms with Gasteiger partial charge < -0.3 is 10.2 Å². The number of nitrogens with one attached hydrogen (secondary N) is 1. The third-order valence-electron chi connectivity index (χ3n) is 3.35. The number of benzene rings is 1. The molecule has 1 heterocycles. The second kappa shape index (κ2) is 6.04. The van der Waals surface area contributed by atoms with Crippen molar-refractivity contribution in [3.05, 3.63) is 29.8 Å². The van der Waals surface area contributed by atoms with Crippen LogP contribution in [0, 0.1) is 11.3 Å². The number of hydrogen-bond acceptors (Lipinski definition) is 3. The van der Waals surface area contributed by atoms with Gasteiger partial charge in [0.1, 0.15) is 6.42 Å². The van der Waals surface area contributed by atoms with E-state index in [1.807, 2.05) is 4.90 Å². The molecule has 1 fully saturated rings. The molecule has 1 aromatic rings.